The van der Waals surface area contributed by atoms with E-state index in [0.29, 0.717) is 5.92 Å². The van der Waals surface area contributed by atoms with Crippen LogP contribution in [0.4, 0.5) is 5.82 Å². The highest BCUT2D eigenvalue weighted by molar-refractivity contribution is 5.43. The summed E-state index contributed by atoms with van der Waals surface area (Å²) in [5.41, 5.74) is 4.17. The predicted molar refractivity (Wildman–Crippen MR) is 69.3 cm³/mol. The highest BCUT2D eigenvalue weighted by atomic mass is 15.3. The van der Waals surface area contributed by atoms with Crippen molar-refractivity contribution in [3.8, 4) is 0 Å². The molecule has 1 aliphatic carbocycles. The van der Waals surface area contributed by atoms with Crippen LogP contribution in [0.25, 0.3) is 0 Å². The van der Waals surface area contributed by atoms with E-state index in [1.54, 1.807) is 0 Å². The Hall–Kier alpha value is -1.77. The van der Waals surface area contributed by atoms with Gasteiger partial charge in [-0.1, -0.05) is 24.3 Å². The zero-order valence-corrected chi connectivity index (χ0v) is 10.3. The molecule has 1 heterocycles. The normalized spacial score (nSPS) is 17.4. The fourth-order valence-corrected chi connectivity index (χ4v) is 2.42. The fourth-order valence-electron chi connectivity index (χ4n) is 2.42. The van der Waals surface area contributed by atoms with Crippen LogP contribution in [0.1, 0.15) is 22.7 Å². The number of hydrogen-bond donors (Lipinski definition) is 1. The summed E-state index contributed by atoms with van der Waals surface area (Å²) in [6.07, 6.45) is 1.19. The van der Waals surface area contributed by atoms with Gasteiger partial charge in [-0.25, -0.2) is 0 Å². The van der Waals surface area contributed by atoms with E-state index in [1.165, 1.54) is 23.2 Å². The van der Waals surface area contributed by atoms with Crippen LogP contribution in [0.2, 0.25) is 0 Å². The van der Waals surface area contributed by atoms with Crippen molar-refractivity contribution < 1.29 is 0 Å². The first-order chi connectivity index (χ1) is 8.24. The van der Waals surface area contributed by atoms with E-state index in [9.17, 15) is 0 Å². The third-order valence-electron chi connectivity index (χ3n) is 3.60. The van der Waals surface area contributed by atoms with Crippen molar-refractivity contribution in [2.75, 3.05) is 11.9 Å². The monoisotopic (exact) mass is 227 g/mol. The van der Waals surface area contributed by atoms with Crippen molar-refractivity contribution >= 4 is 5.82 Å². The maximum Gasteiger partial charge on any atom is 0.148 e. The first-order valence-corrected chi connectivity index (χ1v) is 6.06. The van der Waals surface area contributed by atoms with Crippen LogP contribution >= 0.6 is 0 Å². The van der Waals surface area contributed by atoms with Crippen molar-refractivity contribution in [1.29, 1.82) is 0 Å². The van der Waals surface area contributed by atoms with Crippen LogP contribution in [-0.2, 0) is 13.5 Å². The molecular formula is C14H17N3. The molecule has 0 aliphatic heterocycles. The standard InChI is InChI=1S/C14H17N3/c1-10-7-14(16-17(10)2)15-9-12-8-11-5-3-4-6-13(11)12/h3-7,12H,8-9H2,1-2H3,(H,15,16). The molecule has 0 saturated heterocycles. The molecule has 0 fully saturated rings. The molecule has 88 valence electrons. The quantitative estimate of drug-likeness (QED) is 0.873. The molecule has 2 aromatic rings. The number of benzene rings is 1. The van der Waals surface area contributed by atoms with Crippen molar-refractivity contribution in [3.05, 3.63) is 47.2 Å². The molecule has 0 spiro atoms. The van der Waals surface area contributed by atoms with Crippen molar-refractivity contribution in [3.63, 3.8) is 0 Å². The third kappa shape index (κ3) is 1.82. The highest BCUT2D eigenvalue weighted by Crippen LogP contribution is 2.34. The van der Waals surface area contributed by atoms with E-state index in [2.05, 4.69) is 47.7 Å². The summed E-state index contributed by atoms with van der Waals surface area (Å²) in [5.74, 6) is 1.63. The van der Waals surface area contributed by atoms with Gasteiger partial charge in [0.15, 0.2) is 0 Å². The van der Waals surface area contributed by atoms with Gasteiger partial charge < -0.3 is 5.32 Å². The van der Waals surface area contributed by atoms with E-state index >= 15 is 0 Å². The van der Waals surface area contributed by atoms with Crippen molar-refractivity contribution in [2.45, 2.75) is 19.3 Å². The minimum atomic E-state index is 0.647. The fraction of sp³-hybridized carbons (Fsp3) is 0.357. The first kappa shape index (κ1) is 10.4. The summed E-state index contributed by atoms with van der Waals surface area (Å²) in [4.78, 5) is 0. The Morgan fingerprint density at radius 3 is 2.94 bits per heavy atom. The summed E-state index contributed by atoms with van der Waals surface area (Å²) in [6, 6.07) is 10.8. The number of hydrogen-bond acceptors (Lipinski definition) is 2. The van der Waals surface area contributed by atoms with Crippen molar-refractivity contribution in [2.24, 2.45) is 7.05 Å². The van der Waals surface area contributed by atoms with Crippen LogP contribution in [-0.4, -0.2) is 16.3 Å². The molecule has 0 radical (unpaired) electrons. The van der Waals surface area contributed by atoms with E-state index < -0.39 is 0 Å². The first-order valence-electron chi connectivity index (χ1n) is 6.06. The predicted octanol–water partition coefficient (Wildman–Crippen LogP) is 2.48. The largest absolute Gasteiger partial charge is 0.368 e. The molecule has 1 aliphatic rings. The van der Waals surface area contributed by atoms with Gasteiger partial charge in [0.1, 0.15) is 5.82 Å². The van der Waals surface area contributed by atoms with Gasteiger partial charge in [0.25, 0.3) is 0 Å². The van der Waals surface area contributed by atoms with Crippen LogP contribution in [0.5, 0.6) is 0 Å². The number of aromatic nitrogens is 2. The van der Waals surface area contributed by atoms with Gasteiger partial charge in [0, 0.05) is 31.3 Å². The second-order valence-corrected chi connectivity index (χ2v) is 4.78. The molecule has 17 heavy (non-hydrogen) atoms. The second-order valence-electron chi connectivity index (χ2n) is 4.78. The van der Waals surface area contributed by atoms with E-state index in [0.717, 1.165) is 12.4 Å². The summed E-state index contributed by atoms with van der Waals surface area (Å²) in [7, 11) is 1.97. The van der Waals surface area contributed by atoms with E-state index in [1.807, 2.05) is 11.7 Å². The molecule has 1 aromatic carbocycles. The number of aryl methyl sites for hydroxylation is 2. The summed E-state index contributed by atoms with van der Waals surface area (Å²) in [5, 5.41) is 7.82. The number of anilines is 1. The van der Waals surface area contributed by atoms with Gasteiger partial charge in [0.2, 0.25) is 0 Å². The zero-order chi connectivity index (χ0) is 11.8. The number of fused-ring (bicyclic) bond motifs is 1. The zero-order valence-electron chi connectivity index (χ0n) is 10.3. The summed E-state index contributed by atoms with van der Waals surface area (Å²) in [6.45, 7) is 3.05. The van der Waals surface area contributed by atoms with Gasteiger partial charge in [-0.15, -0.1) is 0 Å². The molecule has 1 unspecified atom stereocenters. The molecular weight excluding hydrogens is 210 g/mol. The second kappa shape index (κ2) is 3.91. The number of nitrogens with one attached hydrogen (secondary N) is 1. The SMILES string of the molecule is Cc1cc(NCC2Cc3ccccc32)nn1C. The smallest absolute Gasteiger partial charge is 0.148 e. The Morgan fingerprint density at radius 2 is 2.24 bits per heavy atom. The molecule has 0 amide bonds. The van der Waals surface area contributed by atoms with Crippen LogP contribution in [0.15, 0.2) is 30.3 Å². The van der Waals surface area contributed by atoms with Crippen LogP contribution in [0, 0.1) is 6.92 Å². The Kier molecular flexibility index (Phi) is 2.39. The van der Waals surface area contributed by atoms with Gasteiger partial charge in [-0.3, -0.25) is 4.68 Å². The maximum atomic E-state index is 4.40. The lowest BCUT2D eigenvalue weighted by molar-refractivity contribution is 0.633. The van der Waals surface area contributed by atoms with E-state index in [-0.39, 0.29) is 0 Å². The molecule has 1 atom stereocenters. The molecule has 1 aromatic heterocycles. The van der Waals surface area contributed by atoms with Crippen LogP contribution < -0.4 is 5.32 Å². The van der Waals surface area contributed by atoms with Gasteiger partial charge in [-0.05, 0) is 24.5 Å². The molecule has 3 rings (SSSR count). The van der Waals surface area contributed by atoms with Gasteiger partial charge in [-0.2, -0.15) is 5.10 Å². The molecule has 0 saturated carbocycles. The lowest BCUT2D eigenvalue weighted by Crippen LogP contribution is -2.24. The Bertz CT molecular complexity index is 523. The molecule has 3 heteroatoms. The minimum absolute atomic E-state index is 0.647. The Labute approximate surface area is 101 Å². The van der Waals surface area contributed by atoms with Crippen LogP contribution in [0.3, 0.4) is 0 Å². The minimum Gasteiger partial charge on any atom is -0.368 e. The topological polar surface area (TPSA) is 29.9 Å². The average molecular weight is 227 g/mol. The molecule has 0 bridgehead atoms. The van der Waals surface area contributed by atoms with Crippen molar-refractivity contribution in [1.82, 2.24) is 9.78 Å². The summed E-state index contributed by atoms with van der Waals surface area (Å²) < 4.78 is 1.90. The number of rotatable bonds is 3. The average Bonchev–Trinajstić information content (AvgIpc) is 2.60. The highest BCUT2D eigenvalue weighted by Gasteiger charge is 2.24. The third-order valence-corrected chi connectivity index (χ3v) is 3.60. The molecule has 1 N–H and O–H groups in total. The Morgan fingerprint density at radius 1 is 1.41 bits per heavy atom. The van der Waals surface area contributed by atoms with Gasteiger partial charge in [0.05, 0.1) is 0 Å². The lowest BCUT2D eigenvalue weighted by atomic mass is 9.78. The van der Waals surface area contributed by atoms with Gasteiger partial charge >= 0.3 is 0 Å². The Balaban J connectivity index is 1.64. The summed E-state index contributed by atoms with van der Waals surface area (Å²) >= 11 is 0. The molecule has 3 nitrogen and oxygen atoms in total. The number of nitrogens with zero attached hydrogens (tertiary/aromatic N) is 2. The van der Waals surface area contributed by atoms with E-state index in [4.69, 9.17) is 0 Å². The maximum absolute atomic E-state index is 4.40. The lowest BCUT2D eigenvalue weighted by Gasteiger charge is -2.30.